The second kappa shape index (κ2) is 5.75. The lowest BCUT2D eigenvalue weighted by Crippen LogP contribution is -2.32. The van der Waals surface area contributed by atoms with Crippen LogP contribution >= 0.6 is 23.2 Å². The molecule has 1 unspecified atom stereocenters. The van der Waals surface area contributed by atoms with Gasteiger partial charge in [-0.2, -0.15) is 0 Å². The van der Waals surface area contributed by atoms with Crippen molar-refractivity contribution in [3.05, 3.63) is 23.2 Å². The van der Waals surface area contributed by atoms with E-state index in [-0.39, 0.29) is 10.1 Å². The van der Waals surface area contributed by atoms with Gasteiger partial charge >= 0.3 is 6.03 Å². The normalized spacial score (nSPS) is 12.5. The van der Waals surface area contributed by atoms with Crippen LogP contribution in [0.4, 0.5) is 4.79 Å². The summed E-state index contributed by atoms with van der Waals surface area (Å²) in [6.07, 6.45) is -0.282. The van der Waals surface area contributed by atoms with Crippen LogP contribution in [0.15, 0.2) is 28.2 Å². The number of hydrogen-bond acceptors (Lipinski definition) is 2. The maximum atomic E-state index is 10.8. The Balaban J connectivity index is 4.02. The van der Waals surface area contributed by atoms with E-state index in [1.807, 2.05) is 5.32 Å². The van der Waals surface area contributed by atoms with E-state index in [1.165, 1.54) is 0 Å². The molecule has 0 rings (SSSR count). The third kappa shape index (κ3) is 6.33. The predicted molar refractivity (Wildman–Crippen MR) is 53.0 cm³/mol. The summed E-state index contributed by atoms with van der Waals surface area (Å²) in [6, 6.07) is -0.781. The first kappa shape index (κ1) is 12.2. The fourth-order valence-electron chi connectivity index (χ4n) is 0.361. The number of aliphatic hydroxyl groups is 1. The summed E-state index contributed by atoms with van der Waals surface area (Å²) in [4.78, 5) is 14.1. The Hall–Kier alpha value is -0.840. The number of hydrogen-bond donors (Lipinski definition) is 2. The molecule has 0 radical (unpaired) electrons. The van der Waals surface area contributed by atoms with Crippen LogP contribution in [0.5, 0.6) is 0 Å². The van der Waals surface area contributed by atoms with E-state index in [0.29, 0.717) is 0 Å². The monoisotopic (exact) mass is 222 g/mol. The van der Waals surface area contributed by atoms with Crippen LogP contribution in [0, 0.1) is 0 Å². The number of aliphatic hydroxyl groups excluding tert-OH is 1. The van der Waals surface area contributed by atoms with Gasteiger partial charge in [0, 0.05) is 0 Å². The molecule has 6 heteroatoms. The van der Waals surface area contributed by atoms with Gasteiger partial charge in [0.05, 0.1) is 16.3 Å². The van der Waals surface area contributed by atoms with Gasteiger partial charge in [-0.05, 0) is 0 Å². The maximum absolute atomic E-state index is 10.8. The first-order valence-corrected chi connectivity index (χ1v) is 3.90. The summed E-state index contributed by atoms with van der Waals surface area (Å²) in [5.41, 5.74) is 0. The van der Waals surface area contributed by atoms with Crippen molar-refractivity contribution >= 4 is 35.4 Å². The van der Waals surface area contributed by atoms with Gasteiger partial charge in [-0.3, -0.25) is 0 Å². The van der Waals surface area contributed by atoms with Crippen molar-refractivity contribution in [1.29, 1.82) is 0 Å². The highest BCUT2D eigenvalue weighted by atomic mass is 35.5. The van der Waals surface area contributed by atoms with Crippen LogP contribution < -0.4 is 5.32 Å². The number of rotatable bonds is 3. The van der Waals surface area contributed by atoms with E-state index in [4.69, 9.17) is 28.3 Å². The molecule has 0 aliphatic rings. The highest BCUT2D eigenvalue weighted by Crippen LogP contribution is 2.01. The van der Waals surface area contributed by atoms with Crippen molar-refractivity contribution in [1.82, 2.24) is 5.32 Å². The number of carbonyl (C=O) groups excluding carboxylic acids is 1. The third-order valence-electron chi connectivity index (χ3n) is 0.879. The molecule has 0 spiro atoms. The van der Waals surface area contributed by atoms with Crippen LogP contribution in [0.1, 0.15) is 0 Å². The number of amides is 2. The molecular weight excluding hydrogens is 215 g/mol. The fourth-order valence-corrected chi connectivity index (χ4v) is 0.465. The SMILES string of the molecule is C=C(Cl)/C=N/C(=O)NC(O)C(=C)Cl. The molecule has 2 amide bonds. The van der Waals surface area contributed by atoms with Gasteiger partial charge in [-0.1, -0.05) is 36.4 Å². The lowest BCUT2D eigenvalue weighted by atomic mass is 10.5. The molecule has 0 aromatic rings. The minimum atomic E-state index is -1.32. The van der Waals surface area contributed by atoms with Crippen LogP contribution in [0.25, 0.3) is 0 Å². The second-order valence-electron chi connectivity index (χ2n) is 2.00. The van der Waals surface area contributed by atoms with Crippen molar-refractivity contribution in [2.75, 3.05) is 0 Å². The van der Waals surface area contributed by atoms with E-state index < -0.39 is 12.3 Å². The summed E-state index contributed by atoms with van der Waals surface area (Å²) in [6.45, 7) is 6.48. The smallest absolute Gasteiger partial charge is 0.343 e. The summed E-state index contributed by atoms with van der Waals surface area (Å²) in [5, 5.41) is 11.0. The van der Waals surface area contributed by atoms with Gasteiger partial charge < -0.3 is 10.4 Å². The topological polar surface area (TPSA) is 61.7 Å². The molecule has 72 valence electrons. The van der Waals surface area contributed by atoms with Crippen LogP contribution in [-0.4, -0.2) is 23.6 Å². The zero-order valence-electron chi connectivity index (χ0n) is 6.63. The number of carbonyl (C=O) groups is 1. The molecule has 0 aliphatic carbocycles. The highest BCUT2D eigenvalue weighted by molar-refractivity contribution is 6.39. The zero-order valence-corrected chi connectivity index (χ0v) is 8.14. The molecule has 0 aromatic carbocycles. The van der Waals surface area contributed by atoms with Crippen molar-refractivity contribution < 1.29 is 9.90 Å². The average molecular weight is 223 g/mol. The van der Waals surface area contributed by atoms with Gasteiger partial charge in [-0.25, -0.2) is 9.79 Å². The molecule has 13 heavy (non-hydrogen) atoms. The Kier molecular flexibility index (Phi) is 5.37. The van der Waals surface area contributed by atoms with E-state index in [1.54, 1.807) is 0 Å². The Morgan fingerprint density at radius 1 is 1.54 bits per heavy atom. The molecule has 0 saturated heterocycles. The Labute approximate surface area is 85.6 Å². The number of nitrogens with one attached hydrogen (secondary N) is 1. The van der Waals surface area contributed by atoms with Crippen molar-refractivity contribution in [3.63, 3.8) is 0 Å². The number of urea groups is 1. The first-order chi connectivity index (χ1) is 5.93. The predicted octanol–water partition coefficient (Wildman–Crippen LogP) is 1.59. The van der Waals surface area contributed by atoms with E-state index in [0.717, 1.165) is 6.21 Å². The summed E-state index contributed by atoms with van der Waals surface area (Å²) >= 11 is 10.6. The fraction of sp³-hybridized carbons (Fsp3) is 0.143. The molecule has 0 saturated carbocycles. The number of halogens is 2. The molecule has 0 aliphatic heterocycles. The number of aliphatic imine (C=N–C) groups is 1. The second-order valence-corrected chi connectivity index (χ2v) is 2.97. The molecule has 0 fully saturated rings. The quantitative estimate of drug-likeness (QED) is 0.563. The van der Waals surface area contributed by atoms with Crippen molar-refractivity contribution in [3.8, 4) is 0 Å². The Bertz CT molecular complexity index is 263. The molecule has 1 atom stereocenters. The zero-order chi connectivity index (χ0) is 10.4. The lowest BCUT2D eigenvalue weighted by Gasteiger charge is -2.07. The molecular formula is C7H8Cl2N2O2. The minimum absolute atomic E-state index is 0.103. The molecule has 4 nitrogen and oxygen atoms in total. The molecule has 0 heterocycles. The highest BCUT2D eigenvalue weighted by Gasteiger charge is 2.08. The van der Waals surface area contributed by atoms with Crippen molar-refractivity contribution in [2.45, 2.75) is 6.23 Å². The molecule has 0 aromatic heterocycles. The van der Waals surface area contributed by atoms with Gasteiger partial charge in [0.2, 0.25) is 0 Å². The van der Waals surface area contributed by atoms with E-state index in [9.17, 15) is 4.79 Å². The lowest BCUT2D eigenvalue weighted by molar-refractivity contribution is 0.180. The van der Waals surface area contributed by atoms with E-state index in [2.05, 4.69) is 18.2 Å². The van der Waals surface area contributed by atoms with Gasteiger partial charge in [0.15, 0.2) is 6.23 Å². The third-order valence-corrected chi connectivity index (χ3v) is 1.18. The minimum Gasteiger partial charge on any atom is -0.369 e. The van der Waals surface area contributed by atoms with Crippen molar-refractivity contribution in [2.24, 2.45) is 4.99 Å². The first-order valence-electron chi connectivity index (χ1n) is 3.15. The number of allylic oxidation sites excluding steroid dienone is 1. The average Bonchev–Trinajstić information content (AvgIpc) is 2.00. The Morgan fingerprint density at radius 3 is 2.46 bits per heavy atom. The summed E-state index contributed by atoms with van der Waals surface area (Å²) < 4.78 is 0. The molecule has 0 bridgehead atoms. The summed E-state index contributed by atoms with van der Waals surface area (Å²) in [7, 11) is 0. The van der Waals surface area contributed by atoms with Crippen LogP contribution in [-0.2, 0) is 0 Å². The largest absolute Gasteiger partial charge is 0.369 e. The maximum Gasteiger partial charge on any atom is 0.343 e. The van der Waals surface area contributed by atoms with Gasteiger partial charge in [0.25, 0.3) is 0 Å². The van der Waals surface area contributed by atoms with Gasteiger partial charge in [-0.15, -0.1) is 0 Å². The number of nitrogens with zero attached hydrogens (tertiary/aromatic N) is 1. The van der Waals surface area contributed by atoms with Crippen LogP contribution in [0.3, 0.4) is 0 Å². The Morgan fingerprint density at radius 2 is 2.08 bits per heavy atom. The van der Waals surface area contributed by atoms with E-state index >= 15 is 0 Å². The standard InChI is InChI=1S/C7H8Cl2N2O2/c1-4(8)3-10-7(13)11-6(12)5(2)9/h3,6,12H,1-2H2,(H,11,13)/b10-3+. The summed E-state index contributed by atoms with van der Waals surface area (Å²) in [5.74, 6) is 0. The van der Waals surface area contributed by atoms with Gasteiger partial charge in [0.1, 0.15) is 0 Å². The molecule has 2 N–H and O–H groups in total. The van der Waals surface area contributed by atoms with Crippen LogP contribution in [0.2, 0.25) is 0 Å².